The van der Waals surface area contributed by atoms with Crippen LogP contribution >= 0.6 is 11.3 Å². The summed E-state index contributed by atoms with van der Waals surface area (Å²) in [4.78, 5) is 46.6. The van der Waals surface area contributed by atoms with E-state index in [1.54, 1.807) is 6.92 Å². The molecule has 1 aromatic heterocycles. The Morgan fingerprint density at radius 3 is 2.45 bits per heavy atom. The molecule has 2 N–H and O–H groups in total. The summed E-state index contributed by atoms with van der Waals surface area (Å²) in [7, 11) is 1.38. The number of rotatable bonds is 8. The van der Waals surface area contributed by atoms with Crippen molar-refractivity contribution in [3.63, 3.8) is 0 Å². The van der Waals surface area contributed by atoms with Crippen molar-refractivity contribution >= 4 is 39.8 Å². The van der Waals surface area contributed by atoms with Crippen LogP contribution in [0.15, 0.2) is 18.2 Å². The number of amides is 2. The van der Waals surface area contributed by atoms with E-state index in [1.165, 1.54) is 14.0 Å². The van der Waals surface area contributed by atoms with E-state index in [9.17, 15) is 37.7 Å². The van der Waals surface area contributed by atoms with Crippen molar-refractivity contribution in [1.29, 1.82) is 0 Å². The molecule has 0 saturated heterocycles. The molecule has 0 atom stereocenters. The van der Waals surface area contributed by atoms with Crippen LogP contribution in [0.25, 0.3) is 0 Å². The summed E-state index contributed by atoms with van der Waals surface area (Å²) in [5, 5.41) is 15.4. The van der Waals surface area contributed by atoms with Crippen LogP contribution in [0.3, 0.4) is 0 Å². The number of non-ortho nitro benzene ring substituents is 1. The highest BCUT2D eigenvalue weighted by Gasteiger charge is 2.36. The van der Waals surface area contributed by atoms with Crippen molar-refractivity contribution in [3.8, 4) is 5.75 Å². The molecule has 10 nitrogen and oxygen atoms in total. The second-order valence-corrected chi connectivity index (χ2v) is 7.35. The quantitative estimate of drug-likeness (QED) is 0.329. The van der Waals surface area contributed by atoms with Crippen LogP contribution in [0.1, 0.15) is 38.1 Å². The molecular weight excluding hydrogens is 471 g/mol. The third-order valence-electron chi connectivity index (χ3n) is 4.15. The van der Waals surface area contributed by atoms with Gasteiger partial charge >= 0.3 is 12.1 Å². The Morgan fingerprint density at radius 2 is 1.91 bits per heavy atom. The second-order valence-electron chi connectivity index (χ2n) is 6.33. The number of thiophene rings is 1. The van der Waals surface area contributed by atoms with Gasteiger partial charge in [-0.1, -0.05) is 0 Å². The Hall–Kier alpha value is -3.68. The fourth-order valence-corrected chi connectivity index (χ4v) is 3.82. The summed E-state index contributed by atoms with van der Waals surface area (Å²) < 4.78 is 49.6. The third kappa shape index (κ3) is 5.97. The molecule has 0 aliphatic rings. The van der Waals surface area contributed by atoms with Gasteiger partial charge in [-0.25, -0.2) is 4.79 Å². The van der Waals surface area contributed by atoms with Crippen LogP contribution in [0.2, 0.25) is 0 Å². The number of nitrogens with zero attached hydrogens (tertiary/aromatic N) is 1. The summed E-state index contributed by atoms with van der Waals surface area (Å²) in [5.74, 6) is -3.04. The fourth-order valence-electron chi connectivity index (χ4n) is 2.67. The minimum absolute atomic E-state index is 0.0281. The maximum atomic E-state index is 13.2. The second kappa shape index (κ2) is 10.3. The number of nitrogens with one attached hydrogen (secondary N) is 2. The van der Waals surface area contributed by atoms with E-state index < -0.39 is 52.5 Å². The minimum Gasteiger partial charge on any atom is -0.483 e. The van der Waals surface area contributed by atoms with Gasteiger partial charge in [-0.15, -0.1) is 11.3 Å². The zero-order chi connectivity index (χ0) is 24.9. The van der Waals surface area contributed by atoms with Gasteiger partial charge in [0.05, 0.1) is 22.0 Å². The number of carbonyl (C=O) groups is 3. The minimum atomic E-state index is -4.97. The van der Waals surface area contributed by atoms with Crippen molar-refractivity contribution in [2.75, 3.05) is 25.6 Å². The van der Waals surface area contributed by atoms with Crippen LogP contribution in [0, 0.1) is 17.0 Å². The fraction of sp³-hybridized carbons (Fsp3) is 0.316. The number of nitro groups is 1. The summed E-state index contributed by atoms with van der Waals surface area (Å²) in [6, 6.07) is 1.83. The molecule has 0 bridgehead atoms. The van der Waals surface area contributed by atoms with E-state index >= 15 is 0 Å². The molecule has 0 radical (unpaired) electrons. The molecule has 0 unspecified atom stereocenters. The standard InChI is InChI=1S/C19H18F3N3O7S/c1-4-31-18(28)14-9(2)15(16(27)23-3)33-17(14)24-13(26)8-32-12-6-5-10(25(29)30)7-11(12)19(20,21)22/h5-7H,4,8H2,1-3H3,(H,23,27)(H,24,26). The number of hydrogen-bond acceptors (Lipinski definition) is 8. The van der Waals surface area contributed by atoms with Gasteiger partial charge in [0.2, 0.25) is 0 Å². The number of hydrogen-bond donors (Lipinski definition) is 2. The lowest BCUT2D eigenvalue weighted by molar-refractivity contribution is -0.385. The third-order valence-corrected chi connectivity index (χ3v) is 5.36. The van der Waals surface area contributed by atoms with Gasteiger partial charge in [-0.05, 0) is 25.5 Å². The highest BCUT2D eigenvalue weighted by atomic mass is 32.1. The van der Waals surface area contributed by atoms with Crippen LogP contribution in [0.4, 0.5) is 23.9 Å². The molecule has 33 heavy (non-hydrogen) atoms. The van der Waals surface area contributed by atoms with Crippen molar-refractivity contribution in [1.82, 2.24) is 5.32 Å². The normalized spacial score (nSPS) is 11.0. The van der Waals surface area contributed by atoms with E-state index in [2.05, 4.69) is 10.6 Å². The maximum Gasteiger partial charge on any atom is 0.420 e. The first-order valence-electron chi connectivity index (χ1n) is 9.21. The average Bonchev–Trinajstić information content (AvgIpc) is 3.06. The zero-order valence-electron chi connectivity index (χ0n) is 17.5. The molecular formula is C19H18F3N3O7S. The molecule has 0 saturated carbocycles. The Morgan fingerprint density at radius 1 is 1.24 bits per heavy atom. The maximum absolute atomic E-state index is 13.2. The Bertz CT molecular complexity index is 1100. The molecule has 2 amide bonds. The van der Waals surface area contributed by atoms with Crippen LogP contribution in [-0.4, -0.2) is 43.0 Å². The van der Waals surface area contributed by atoms with E-state index in [4.69, 9.17) is 9.47 Å². The number of alkyl halides is 3. The summed E-state index contributed by atoms with van der Waals surface area (Å²) >= 11 is 0.780. The largest absolute Gasteiger partial charge is 0.483 e. The number of carbonyl (C=O) groups excluding carboxylic acids is 3. The average molecular weight is 489 g/mol. The van der Waals surface area contributed by atoms with Crippen LogP contribution in [-0.2, 0) is 15.7 Å². The van der Waals surface area contributed by atoms with Gasteiger partial charge in [0.15, 0.2) is 6.61 Å². The number of halogens is 3. The molecule has 1 aromatic carbocycles. The number of anilines is 1. The van der Waals surface area contributed by atoms with E-state index in [1.807, 2.05) is 0 Å². The molecule has 2 aromatic rings. The van der Waals surface area contributed by atoms with Gasteiger partial charge in [0, 0.05) is 19.2 Å². The van der Waals surface area contributed by atoms with Crippen molar-refractivity contribution < 1.29 is 42.0 Å². The van der Waals surface area contributed by atoms with Crippen molar-refractivity contribution in [2.24, 2.45) is 0 Å². The predicted molar refractivity (Wildman–Crippen MR) is 111 cm³/mol. The number of esters is 1. The molecule has 14 heteroatoms. The van der Waals surface area contributed by atoms with Gasteiger partial charge in [0.25, 0.3) is 17.5 Å². The first-order chi connectivity index (χ1) is 15.4. The monoisotopic (exact) mass is 489 g/mol. The van der Waals surface area contributed by atoms with E-state index in [-0.39, 0.29) is 27.6 Å². The lowest BCUT2D eigenvalue weighted by Gasteiger charge is -2.13. The van der Waals surface area contributed by atoms with E-state index in [0.29, 0.717) is 6.07 Å². The van der Waals surface area contributed by atoms with Gasteiger partial charge in [-0.2, -0.15) is 13.2 Å². The number of nitro benzene ring substituents is 1. The smallest absolute Gasteiger partial charge is 0.420 e. The Labute approximate surface area is 188 Å². The van der Waals surface area contributed by atoms with Gasteiger partial charge < -0.3 is 20.1 Å². The van der Waals surface area contributed by atoms with Gasteiger partial charge in [0.1, 0.15) is 16.3 Å². The first-order valence-corrected chi connectivity index (χ1v) is 10.0. The SMILES string of the molecule is CCOC(=O)c1c(NC(=O)COc2ccc([N+](=O)[O-])cc2C(F)(F)F)sc(C(=O)NC)c1C. The lowest BCUT2D eigenvalue weighted by Crippen LogP contribution is -2.22. The molecule has 1 heterocycles. The predicted octanol–water partition coefficient (Wildman–Crippen LogP) is 3.54. The van der Waals surface area contributed by atoms with Crippen molar-refractivity contribution in [3.05, 3.63) is 49.9 Å². The molecule has 0 aliphatic carbocycles. The topological polar surface area (TPSA) is 137 Å². The summed E-state index contributed by atoms with van der Waals surface area (Å²) in [6.45, 7) is 2.16. The summed E-state index contributed by atoms with van der Waals surface area (Å²) in [5.41, 5.74) is -2.04. The highest BCUT2D eigenvalue weighted by Crippen LogP contribution is 2.38. The zero-order valence-corrected chi connectivity index (χ0v) is 18.3. The molecule has 2 rings (SSSR count). The Kier molecular flexibility index (Phi) is 7.98. The highest BCUT2D eigenvalue weighted by molar-refractivity contribution is 7.18. The van der Waals surface area contributed by atoms with Crippen molar-refractivity contribution in [2.45, 2.75) is 20.0 Å². The molecule has 0 aliphatic heterocycles. The number of ether oxygens (including phenoxy) is 2. The van der Waals surface area contributed by atoms with Crippen LogP contribution in [0.5, 0.6) is 5.75 Å². The van der Waals surface area contributed by atoms with E-state index in [0.717, 1.165) is 23.5 Å². The Balaban J connectivity index is 2.28. The lowest BCUT2D eigenvalue weighted by atomic mass is 10.1. The molecule has 178 valence electrons. The van der Waals surface area contributed by atoms with Gasteiger partial charge in [-0.3, -0.25) is 19.7 Å². The molecule has 0 fully saturated rings. The summed E-state index contributed by atoms with van der Waals surface area (Å²) in [6.07, 6.45) is -4.97. The van der Waals surface area contributed by atoms with Crippen LogP contribution < -0.4 is 15.4 Å². The number of benzene rings is 1. The first kappa shape index (κ1) is 25.6. The molecule has 0 spiro atoms.